The Hall–Kier alpha value is -4.27. The third-order valence-corrected chi connectivity index (χ3v) is 4.82. The topological polar surface area (TPSA) is 93.5 Å². The molecule has 4 rings (SSSR count). The summed E-state index contributed by atoms with van der Waals surface area (Å²) in [7, 11) is 1.48. The van der Waals surface area contributed by atoms with Gasteiger partial charge in [-0.05, 0) is 42.0 Å². The molecule has 0 saturated heterocycles. The lowest BCUT2D eigenvalue weighted by Gasteiger charge is -2.15. The van der Waals surface area contributed by atoms with Crippen LogP contribution in [0.1, 0.15) is 15.9 Å². The zero-order valence-corrected chi connectivity index (χ0v) is 16.8. The lowest BCUT2D eigenvalue weighted by molar-refractivity contribution is 0.0946. The summed E-state index contributed by atoms with van der Waals surface area (Å²) in [6.07, 6.45) is 1.45. The van der Waals surface area contributed by atoms with E-state index in [9.17, 15) is 23.5 Å². The second kappa shape index (κ2) is 8.46. The first-order valence-corrected chi connectivity index (χ1v) is 9.49. The molecule has 9 heteroatoms. The molecule has 0 atom stereocenters. The van der Waals surface area contributed by atoms with Crippen molar-refractivity contribution in [2.75, 3.05) is 7.11 Å². The number of aromatic nitrogens is 2. The van der Waals surface area contributed by atoms with Crippen molar-refractivity contribution in [1.29, 1.82) is 0 Å². The minimum absolute atomic E-state index is 0.145. The summed E-state index contributed by atoms with van der Waals surface area (Å²) in [5.41, 5.74) is -0.660. The third kappa shape index (κ3) is 3.87. The fourth-order valence-electron chi connectivity index (χ4n) is 3.38. The van der Waals surface area contributed by atoms with E-state index >= 15 is 0 Å². The summed E-state index contributed by atoms with van der Waals surface area (Å²) in [6, 6.07) is 12.5. The van der Waals surface area contributed by atoms with E-state index in [-0.39, 0.29) is 23.1 Å². The molecule has 0 radical (unpaired) electrons. The van der Waals surface area contributed by atoms with Gasteiger partial charge in [0.05, 0.1) is 18.2 Å². The molecule has 0 unspecified atom stereocenters. The highest BCUT2D eigenvalue weighted by Crippen LogP contribution is 2.27. The van der Waals surface area contributed by atoms with Crippen molar-refractivity contribution in [2.24, 2.45) is 0 Å². The smallest absolute Gasteiger partial charge is 0.273 e. The van der Waals surface area contributed by atoms with Gasteiger partial charge in [-0.2, -0.15) is 0 Å². The maximum Gasteiger partial charge on any atom is 0.273 e. The molecule has 32 heavy (non-hydrogen) atoms. The number of benzene rings is 2. The number of halogens is 2. The Balaban J connectivity index is 1.82. The van der Waals surface area contributed by atoms with Crippen LogP contribution in [-0.4, -0.2) is 27.7 Å². The molecule has 2 aromatic heterocycles. The Morgan fingerprint density at radius 1 is 1.12 bits per heavy atom. The first kappa shape index (κ1) is 21.0. The predicted molar refractivity (Wildman–Crippen MR) is 113 cm³/mol. The normalized spacial score (nSPS) is 10.8. The molecule has 0 spiro atoms. The van der Waals surface area contributed by atoms with E-state index < -0.39 is 34.4 Å². The Morgan fingerprint density at radius 2 is 1.88 bits per heavy atom. The second-order valence-electron chi connectivity index (χ2n) is 6.90. The summed E-state index contributed by atoms with van der Waals surface area (Å²) in [5.74, 6) is -2.56. The van der Waals surface area contributed by atoms with Crippen molar-refractivity contribution in [2.45, 2.75) is 6.54 Å². The van der Waals surface area contributed by atoms with Crippen LogP contribution >= 0.6 is 0 Å². The molecule has 4 aromatic rings. The molecule has 1 amide bonds. The van der Waals surface area contributed by atoms with Crippen LogP contribution in [0.5, 0.6) is 11.5 Å². The van der Waals surface area contributed by atoms with Crippen LogP contribution in [0.15, 0.2) is 65.6 Å². The number of hydrogen-bond donors (Lipinski definition) is 2. The van der Waals surface area contributed by atoms with Crippen molar-refractivity contribution < 1.29 is 23.4 Å². The molecule has 2 N–H and O–H groups in total. The molecule has 2 aromatic carbocycles. The standard InChI is InChI=1S/C23H17F2N3O4/c1-32-17-5-2-4-16(11-17)28-21-18(6-3-7-26-21)20(29)19(23(28)31)22(30)27-12-13-8-14(24)10-15(25)9-13/h2-11,29H,12H2,1H3,(H,27,30). The number of nitrogens with one attached hydrogen (secondary N) is 1. The number of amides is 1. The van der Waals surface area contributed by atoms with Gasteiger partial charge < -0.3 is 15.2 Å². The molecule has 7 nitrogen and oxygen atoms in total. The predicted octanol–water partition coefficient (Wildman–Crippen LogP) is 3.31. The molecule has 0 aliphatic heterocycles. The number of carbonyl (C=O) groups excluding carboxylic acids is 1. The van der Waals surface area contributed by atoms with Crippen LogP contribution < -0.4 is 15.6 Å². The first-order chi connectivity index (χ1) is 15.4. The van der Waals surface area contributed by atoms with Crippen LogP contribution in [0.3, 0.4) is 0 Å². The van der Waals surface area contributed by atoms with E-state index in [1.54, 1.807) is 30.3 Å². The van der Waals surface area contributed by atoms with Crippen LogP contribution in [-0.2, 0) is 6.54 Å². The lowest BCUT2D eigenvalue weighted by atomic mass is 10.1. The van der Waals surface area contributed by atoms with Crippen LogP contribution in [0.25, 0.3) is 16.7 Å². The number of rotatable bonds is 5. The Morgan fingerprint density at radius 3 is 2.59 bits per heavy atom. The molecule has 2 heterocycles. The summed E-state index contributed by atoms with van der Waals surface area (Å²) in [6.45, 7) is -0.253. The number of carbonyl (C=O) groups is 1. The van der Waals surface area contributed by atoms with Gasteiger partial charge in [-0.15, -0.1) is 0 Å². The maximum absolute atomic E-state index is 13.4. The summed E-state index contributed by atoms with van der Waals surface area (Å²) >= 11 is 0. The van der Waals surface area contributed by atoms with E-state index in [4.69, 9.17) is 4.74 Å². The number of aromatic hydroxyl groups is 1. The molecule has 0 saturated carbocycles. The summed E-state index contributed by atoms with van der Waals surface area (Å²) < 4.78 is 33.2. The minimum atomic E-state index is -0.903. The van der Waals surface area contributed by atoms with Gasteiger partial charge in [0.2, 0.25) is 0 Å². The van der Waals surface area contributed by atoms with Gasteiger partial charge in [0, 0.05) is 24.9 Å². The van der Waals surface area contributed by atoms with Crippen LogP contribution in [0.2, 0.25) is 0 Å². The zero-order chi connectivity index (χ0) is 22.8. The quantitative estimate of drug-likeness (QED) is 0.500. The minimum Gasteiger partial charge on any atom is -0.506 e. The number of nitrogens with zero attached hydrogens (tertiary/aromatic N) is 2. The highest BCUT2D eigenvalue weighted by atomic mass is 19.1. The molecular weight excluding hydrogens is 420 g/mol. The number of ether oxygens (including phenoxy) is 1. The lowest BCUT2D eigenvalue weighted by Crippen LogP contribution is -2.33. The van der Waals surface area contributed by atoms with E-state index in [1.165, 1.54) is 23.9 Å². The number of hydrogen-bond acceptors (Lipinski definition) is 5. The van der Waals surface area contributed by atoms with Gasteiger partial charge in [0.1, 0.15) is 28.7 Å². The highest BCUT2D eigenvalue weighted by molar-refractivity contribution is 6.02. The van der Waals surface area contributed by atoms with Gasteiger partial charge in [0.25, 0.3) is 11.5 Å². The average molecular weight is 437 g/mol. The van der Waals surface area contributed by atoms with Gasteiger partial charge in [-0.1, -0.05) is 6.07 Å². The highest BCUT2D eigenvalue weighted by Gasteiger charge is 2.23. The fraction of sp³-hybridized carbons (Fsp3) is 0.0870. The van der Waals surface area contributed by atoms with E-state index in [1.807, 2.05) is 0 Å². The van der Waals surface area contributed by atoms with E-state index in [0.29, 0.717) is 17.5 Å². The van der Waals surface area contributed by atoms with Crippen molar-refractivity contribution >= 4 is 16.9 Å². The van der Waals surface area contributed by atoms with Gasteiger partial charge in [-0.25, -0.2) is 13.8 Å². The van der Waals surface area contributed by atoms with Crippen molar-refractivity contribution in [3.8, 4) is 17.2 Å². The fourth-order valence-corrected chi connectivity index (χ4v) is 3.38. The van der Waals surface area contributed by atoms with E-state index in [2.05, 4.69) is 10.3 Å². The van der Waals surface area contributed by atoms with Crippen LogP contribution in [0.4, 0.5) is 8.78 Å². The zero-order valence-electron chi connectivity index (χ0n) is 16.8. The molecule has 162 valence electrons. The Bertz CT molecular complexity index is 1380. The third-order valence-electron chi connectivity index (χ3n) is 4.82. The summed E-state index contributed by atoms with van der Waals surface area (Å²) in [4.78, 5) is 30.4. The maximum atomic E-state index is 13.4. The van der Waals surface area contributed by atoms with Crippen molar-refractivity contribution in [1.82, 2.24) is 14.9 Å². The first-order valence-electron chi connectivity index (χ1n) is 9.49. The molecule has 0 fully saturated rings. The second-order valence-corrected chi connectivity index (χ2v) is 6.90. The Labute approximate surface area is 180 Å². The number of methoxy groups -OCH3 is 1. The molecular formula is C23H17F2N3O4. The molecule has 0 aliphatic carbocycles. The monoisotopic (exact) mass is 437 g/mol. The van der Waals surface area contributed by atoms with E-state index in [0.717, 1.165) is 12.1 Å². The number of pyridine rings is 2. The Kier molecular flexibility index (Phi) is 5.55. The van der Waals surface area contributed by atoms with Crippen molar-refractivity contribution in [3.05, 3.63) is 93.9 Å². The SMILES string of the molecule is COc1cccc(-n2c(=O)c(C(=O)NCc3cc(F)cc(F)c3)c(O)c3cccnc32)c1. The average Bonchev–Trinajstić information content (AvgIpc) is 2.77. The molecule has 0 aliphatic rings. The number of fused-ring (bicyclic) bond motifs is 1. The van der Waals surface area contributed by atoms with Gasteiger partial charge >= 0.3 is 0 Å². The van der Waals surface area contributed by atoms with Crippen LogP contribution in [0, 0.1) is 11.6 Å². The van der Waals surface area contributed by atoms with Gasteiger partial charge in [0.15, 0.2) is 5.65 Å². The van der Waals surface area contributed by atoms with Crippen molar-refractivity contribution in [3.63, 3.8) is 0 Å². The van der Waals surface area contributed by atoms with Gasteiger partial charge in [-0.3, -0.25) is 14.2 Å². The molecule has 0 bridgehead atoms. The largest absolute Gasteiger partial charge is 0.506 e. The summed E-state index contributed by atoms with van der Waals surface area (Å²) in [5, 5.41) is 13.3.